The second kappa shape index (κ2) is 7.90. The van der Waals surface area contributed by atoms with Crippen molar-refractivity contribution in [1.29, 1.82) is 0 Å². The molecule has 0 spiro atoms. The molecule has 1 amide bonds. The largest absolute Gasteiger partial charge is 0.355 e. The predicted molar refractivity (Wildman–Crippen MR) is 103 cm³/mol. The first-order valence-electron chi connectivity index (χ1n) is 8.99. The van der Waals surface area contributed by atoms with Crippen LogP contribution in [0.2, 0.25) is 0 Å². The normalized spacial score (nSPS) is 14.7. The maximum Gasteiger partial charge on any atom is 0.227 e. The van der Waals surface area contributed by atoms with E-state index in [-0.39, 0.29) is 11.8 Å². The highest BCUT2D eigenvalue weighted by Crippen LogP contribution is 2.24. The molecule has 1 aliphatic rings. The van der Waals surface area contributed by atoms with Crippen molar-refractivity contribution >= 4 is 17.4 Å². The lowest BCUT2D eigenvalue weighted by molar-refractivity contribution is -0.120. The zero-order valence-electron chi connectivity index (χ0n) is 14.8. The van der Waals surface area contributed by atoms with Gasteiger partial charge >= 0.3 is 0 Å². The minimum absolute atomic E-state index is 0.00510. The van der Waals surface area contributed by atoms with E-state index in [1.54, 1.807) is 24.8 Å². The second-order valence-corrected chi connectivity index (χ2v) is 6.50. The summed E-state index contributed by atoms with van der Waals surface area (Å²) in [6.07, 6.45) is 8.42. The SMILES string of the molecule is O=C(Nc1cccnc1)C1CCN(c2ccc(-c3ccncc3)nn2)CC1. The summed E-state index contributed by atoms with van der Waals surface area (Å²) >= 11 is 0. The van der Waals surface area contributed by atoms with Crippen molar-refractivity contribution in [2.75, 3.05) is 23.3 Å². The van der Waals surface area contributed by atoms with Crippen LogP contribution in [0.5, 0.6) is 0 Å². The molecule has 4 heterocycles. The number of hydrogen-bond acceptors (Lipinski definition) is 6. The number of piperidine rings is 1. The monoisotopic (exact) mass is 360 g/mol. The summed E-state index contributed by atoms with van der Waals surface area (Å²) in [5.41, 5.74) is 2.56. The highest BCUT2D eigenvalue weighted by molar-refractivity contribution is 5.92. The number of carbonyl (C=O) groups excluding carboxylic acids is 1. The average molecular weight is 360 g/mol. The van der Waals surface area contributed by atoms with E-state index in [9.17, 15) is 4.79 Å². The van der Waals surface area contributed by atoms with Crippen molar-refractivity contribution in [2.24, 2.45) is 5.92 Å². The predicted octanol–water partition coefficient (Wildman–Crippen LogP) is 2.79. The summed E-state index contributed by atoms with van der Waals surface area (Å²) < 4.78 is 0. The summed E-state index contributed by atoms with van der Waals surface area (Å²) in [7, 11) is 0. The smallest absolute Gasteiger partial charge is 0.227 e. The van der Waals surface area contributed by atoms with E-state index in [1.807, 2.05) is 36.4 Å². The van der Waals surface area contributed by atoms with Crippen molar-refractivity contribution in [3.8, 4) is 11.3 Å². The standard InChI is InChI=1S/C20H20N6O/c27-20(23-17-2-1-9-22-14-17)16-7-12-26(13-8-16)19-4-3-18(24-25-19)15-5-10-21-11-6-15/h1-6,9-11,14,16H,7-8,12-13H2,(H,23,27). The van der Waals surface area contributed by atoms with Crippen LogP contribution >= 0.6 is 0 Å². The Bertz CT molecular complexity index is 877. The van der Waals surface area contributed by atoms with Crippen LogP contribution in [0.3, 0.4) is 0 Å². The number of rotatable bonds is 4. The van der Waals surface area contributed by atoms with Gasteiger partial charge in [0.05, 0.1) is 17.6 Å². The van der Waals surface area contributed by atoms with Crippen molar-refractivity contribution in [1.82, 2.24) is 20.2 Å². The number of aromatic nitrogens is 4. The maximum absolute atomic E-state index is 12.4. The van der Waals surface area contributed by atoms with Crippen LogP contribution < -0.4 is 10.2 Å². The molecule has 0 radical (unpaired) electrons. The number of nitrogens with one attached hydrogen (secondary N) is 1. The first kappa shape index (κ1) is 17.1. The number of amides is 1. The molecule has 1 aliphatic heterocycles. The van der Waals surface area contributed by atoms with Crippen molar-refractivity contribution in [3.05, 3.63) is 61.2 Å². The Labute approximate surface area is 157 Å². The molecule has 27 heavy (non-hydrogen) atoms. The first-order valence-corrected chi connectivity index (χ1v) is 8.99. The molecule has 1 N–H and O–H groups in total. The van der Waals surface area contributed by atoms with Gasteiger partial charge in [0.15, 0.2) is 5.82 Å². The highest BCUT2D eigenvalue weighted by Gasteiger charge is 2.25. The molecule has 0 saturated carbocycles. The molecule has 3 aromatic rings. The fourth-order valence-electron chi connectivity index (χ4n) is 3.22. The van der Waals surface area contributed by atoms with Crippen LogP contribution in [0.15, 0.2) is 61.2 Å². The number of anilines is 2. The summed E-state index contributed by atoms with van der Waals surface area (Å²) in [5, 5.41) is 11.6. The molecule has 1 fully saturated rings. The van der Waals surface area contributed by atoms with E-state index in [1.165, 1.54) is 0 Å². The quantitative estimate of drug-likeness (QED) is 0.770. The van der Waals surface area contributed by atoms with Crippen LogP contribution in [-0.2, 0) is 4.79 Å². The lowest BCUT2D eigenvalue weighted by Gasteiger charge is -2.31. The molecule has 0 aliphatic carbocycles. The van der Waals surface area contributed by atoms with Crippen LogP contribution in [0.1, 0.15) is 12.8 Å². The zero-order chi connectivity index (χ0) is 18.5. The van der Waals surface area contributed by atoms with Crippen LogP contribution in [0.4, 0.5) is 11.5 Å². The van der Waals surface area contributed by atoms with Crippen molar-refractivity contribution < 1.29 is 4.79 Å². The Kier molecular flexibility index (Phi) is 5.00. The van der Waals surface area contributed by atoms with Gasteiger partial charge in [-0.3, -0.25) is 14.8 Å². The van der Waals surface area contributed by atoms with Crippen LogP contribution in [-0.4, -0.2) is 39.2 Å². The molecule has 136 valence electrons. The summed E-state index contributed by atoms with van der Waals surface area (Å²) in [6, 6.07) is 11.4. The van der Waals surface area contributed by atoms with E-state index in [4.69, 9.17) is 0 Å². The Morgan fingerprint density at radius 2 is 1.78 bits per heavy atom. The van der Waals surface area contributed by atoms with Gasteiger partial charge in [-0.2, -0.15) is 0 Å². The summed E-state index contributed by atoms with van der Waals surface area (Å²) in [6.45, 7) is 1.57. The van der Waals surface area contributed by atoms with E-state index in [2.05, 4.69) is 30.4 Å². The lowest BCUT2D eigenvalue weighted by atomic mass is 9.96. The minimum Gasteiger partial charge on any atom is -0.355 e. The molecule has 0 bridgehead atoms. The molecule has 7 heteroatoms. The van der Waals surface area contributed by atoms with Gasteiger partial charge in [0.1, 0.15) is 0 Å². The van der Waals surface area contributed by atoms with Gasteiger partial charge < -0.3 is 10.2 Å². The van der Waals surface area contributed by atoms with E-state index in [0.29, 0.717) is 0 Å². The van der Waals surface area contributed by atoms with Gasteiger partial charge in [-0.15, -0.1) is 10.2 Å². The van der Waals surface area contributed by atoms with Gasteiger partial charge in [0, 0.05) is 43.2 Å². The van der Waals surface area contributed by atoms with Gasteiger partial charge in [-0.25, -0.2) is 0 Å². The second-order valence-electron chi connectivity index (χ2n) is 6.50. The number of carbonyl (C=O) groups is 1. The fourth-order valence-corrected chi connectivity index (χ4v) is 3.22. The van der Waals surface area contributed by atoms with E-state index < -0.39 is 0 Å². The molecule has 3 aromatic heterocycles. The summed E-state index contributed by atoms with van der Waals surface area (Å²) in [4.78, 5) is 22.6. The van der Waals surface area contributed by atoms with Gasteiger partial charge in [-0.05, 0) is 49.2 Å². The molecule has 0 aromatic carbocycles. The Morgan fingerprint density at radius 1 is 0.963 bits per heavy atom. The zero-order valence-corrected chi connectivity index (χ0v) is 14.8. The Balaban J connectivity index is 1.34. The third kappa shape index (κ3) is 4.08. The fraction of sp³-hybridized carbons (Fsp3) is 0.250. The van der Waals surface area contributed by atoms with Gasteiger partial charge in [0.2, 0.25) is 5.91 Å². The number of hydrogen-bond donors (Lipinski definition) is 1. The molecule has 0 atom stereocenters. The number of pyridine rings is 2. The molecule has 0 unspecified atom stereocenters. The first-order chi connectivity index (χ1) is 13.3. The number of nitrogens with zero attached hydrogens (tertiary/aromatic N) is 5. The molecule has 4 rings (SSSR count). The molecular weight excluding hydrogens is 340 g/mol. The Hall–Kier alpha value is -3.35. The van der Waals surface area contributed by atoms with Gasteiger partial charge in [0.25, 0.3) is 0 Å². The van der Waals surface area contributed by atoms with Gasteiger partial charge in [-0.1, -0.05) is 0 Å². The lowest BCUT2D eigenvalue weighted by Crippen LogP contribution is -2.38. The molecule has 7 nitrogen and oxygen atoms in total. The van der Waals surface area contributed by atoms with Crippen molar-refractivity contribution in [3.63, 3.8) is 0 Å². The van der Waals surface area contributed by atoms with Crippen LogP contribution in [0.25, 0.3) is 11.3 Å². The van der Waals surface area contributed by atoms with Crippen LogP contribution in [0, 0.1) is 5.92 Å². The topological polar surface area (TPSA) is 83.9 Å². The minimum atomic E-state index is 0.00510. The third-order valence-corrected chi connectivity index (χ3v) is 4.75. The van der Waals surface area contributed by atoms with E-state index in [0.717, 1.165) is 48.7 Å². The van der Waals surface area contributed by atoms with E-state index >= 15 is 0 Å². The Morgan fingerprint density at radius 3 is 2.44 bits per heavy atom. The molecular formula is C20H20N6O. The average Bonchev–Trinajstić information content (AvgIpc) is 2.75. The summed E-state index contributed by atoms with van der Waals surface area (Å²) in [5.74, 6) is 0.909. The maximum atomic E-state index is 12.4. The highest BCUT2D eigenvalue weighted by atomic mass is 16.1. The van der Waals surface area contributed by atoms with Crippen molar-refractivity contribution in [2.45, 2.75) is 12.8 Å². The third-order valence-electron chi connectivity index (χ3n) is 4.75. The molecule has 1 saturated heterocycles.